The Hall–Kier alpha value is -2.10. The molecule has 0 amide bonds. The van der Waals surface area contributed by atoms with Crippen LogP contribution >= 0.6 is 0 Å². The highest BCUT2D eigenvalue weighted by atomic mass is 19.1. The predicted molar refractivity (Wildman–Crippen MR) is 67.2 cm³/mol. The van der Waals surface area contributed by atoms with E-state index in [1.165, 1.54) is 12.1 Å². The maximum Gasteiger partial charge on any atom is 0.196 e. The van der Waals surface area contributed by atoms with Crippen LogP contribution in [0.1, 0.15) is 33.0 Å². The molecule has 0 aliphatic heterocycles. The fourth-order valence-corrected chi connectivity index (χ4v) is 1.84. The van der Waals surface area contributed by atoms with Gasteiger partial charge in [-0.1, -0.05) is 0 Å². The van der Waals surface area contributed by atoms with Gasteiger partial charge >= 0.3 is 0 Å². The van der Waals surface area contributed by atoms with E-state index in [-0.39, 0.29) is 17.0 Å². The van der Waals surface area contributed by atoms with E-state index < -0.39 is 5.82 Å². The number of halogens is 1. The summed E-state index contributed by atoms with van der Waals surface area (Å²) in [7, 11) is 0. The standard InChI is InChI=1S/C14H14FNO2/c1-7-4-11(9(3)18-7)14(17)10-5-12(15)8(2)13(16)6-10/h4-6H,16H2,1-3H3. The predicted octanol–water partition coefficient (Wildman–Crippen LogP) is 3.16. The number of hydrogen-bond acceptors (Lipinski definition) is 3. The van der Waals surface area contributed by atoms with E-state index in [1.807, 2.05) is 0 Å². The van der Waals surface area contributed by atoms with Crippen molar-refractivity contribution in [1.29, 1.82) is 0 Å². The zero-order valence-electron chi connectivity index (χ0n) is 10.5. The van der Waals surface area contributed by atoms with Gasteiger partial charge < -0.3 is 10.2 Å². The molecule has 0 aliphatic carbocycles. The first-order chi connectivity index (χ1) is 8.40. The average Bonchev–Trinajstić information content (AvgIpc) is 2.63. The minimum Gasteiger partial charge on any atom is -0.466 e. The Balaban J connectivity index is 2.50. The van der Waals surface area contributed by atoms with Crippen LogP contribution in [0.25, 0.3) is 0 Å². The zero-order chi connectivity index (χ0) is 13.4. The van der Waals surface area contributed by atoms with Gasteiger partial charge in [-0.05, 0) is 39.0 Å². The summed E-state index contributed by atoms with van der Waals surface area (Å²) in [5, 5.41) is 0. The Morgan fingerprint density at radius 2 is 1.89 bits per heavy atom. The quantitative estimate of drug-likeness (QED) is 0.655. The van der Waals surface area contributed by atoms with Crippen LogP contribution in [0.2, 0.25) is 0 Å². The highest BCUT2D eigenvalue weighted by Crippen LogP contribution is 2.22. The molecule has 1 aromatic carbocycles. The van der Waals surface area contributed by atoms with Crippen molar-refractivity contribution in [3.05, 3.63) is 52.2 Å². The lowest BCUT2D eigenvalue weighted by molar-refractivity contribution is 0.103. The molecule has 18 heavy (non-hydrogen) atoms. The fourth-order valence-electron chi connectivity index (χ4n) is 1.84. The van der Waals surface area contributed by atoms with Crippen molar-refractivity contribution in [3.8, 4) is 0 Å². The molecule has 0 radical (unpaired) electrons. The van der Waals surface area contributed by atoms with E-state index in [1.54, 1.807) is 26.8 Å². The Kier molecular flexibility index (Phi) is 2.95. The van der Waals surface area contributed by atoms with E-state index in [0.717, 1.165) is 0 Å². The third-order valence-corrected chi connectivity index (χ3v) is 2.93. The van der Waals surface area contributed by atoms with Crippen molar-refractivity contribution in [3.63, 3.8) is 0 Å². The summed E-state index contributed by atoms with van der Waals surface area (Å²) in [6.07, 6.45) is 0. The summed E-state index contributed by atoms with van der Waals surface area (Å²) >= 11 is 0. The largest absolute Gasteiger partial charge is 0.466 e. The van der Waals surface area contributed by atoms with Crippen molar-refractivity contribution in [2.24, 2.45) is 0 Å². The SMILES string of the molecule is Cc1cc(C(=O)c2cc(N)c(C)c(F)c2)c(C)o1. The van der Waals surface area contributed by atoms with Crippen LogP contribution in [0.5, 0.6) is 0 Å². The summed E-state index contributed by atoms with van der Waals surface area (Å²) in [5.41, 5.74) is 6.97. The summed E-state index contributed by atoms with van der Waals surface area (Å²) in [4.78, 5) is 12.2. The second-order valence-electron chi connectivity index (χ2n) is 4.33. The van der Waals surface area contributed by atoms with Crippen LogP contribution in [0.3, 0.4) is 0 Å². The normalized spacial score (nSPS) is 10.7. The number of nitrogen functional groups attached to an aromatic ring is 1. The third kappa shape index (κ3) is 2.01. The van der Waals surface area contributed by atoms with Gasteiger partial charge in [0.15, 0.2) is 5.78 Å². The van der Waals surface area contributed by atoms with Crippen LogP contribution < -0.4 is 5.73 Å². The van der Waals surface area contributed by atoms with Gasteiger partial charge in [-0.25, -0.2) is 4.39 Å². The molecule has 0 bridgehead atoms. The lowest BCUT2D eigenvalue weighted by Gasteiger charge is -2.05. The molecule has 2 N–H and O–H groups in total. The van der Waals surface area contributed by atoms with Crippen molar-refractivity contribution in [1.82, 2.24) is 0 Å². The first-order valence-electron chi connectivity index (χ1n) is 5.57. The number of furan rings is 1. The van der Waals surface area contributed by atoms with Gasteiger partial charge in [0.05, 0.1) is 5.56 Å². The number of hydrogen-bond donors (Lipinski definition) is 1. The number of aryl methyl sites for hydroxylation is 2. The third-order valence-electron chi connectivity index (χ3n) is 2.93. The molecule has 0 atom stereocenters. The molecule has 2 rings (SSSR count). The average molecular weight is 247 g/mol. The van der Waals surface area contributed by atoms with Gasteiger partial charge in [-0.3, -0.25) is 4.79 Å². The second kappa shape index (κ2) is 4.29. The van der Waals surface area contributed by atoms with E-state index >= 15 is 0 Å². The number of nitrogens with two attached hydrogens (primary N) is 1. The van der Waals surface area contributed by atoms with E-state index in [0.29, 0.717) is 22.6 Å². The molecule has 94 valence electrons. The van der Waals surface area contributed by atoms with E-state index in [2.05, 4.69) is 0 Å². The maximum atomic E-state index is 13.6. The molecule has 0 saturated heterocycles. The number of ketones is 1. The summed E-state index contributed by atoms with van der Waals surface area (Å²) in [6.45, 7) is 5.04. The van der Waals surface area contributed by atoms with Crippen LogP contribution in [-0.2, 0) is 0 Å². The van der Waals surface area contributed by atoms with Crippen molar-refractivity contribution in [2.45, 2.75) is 20.8 Å². The Morgan fingerprint density at radius 1 is 1.22 bits per heavy atom. The van der Waals surface area contributed by atoms with Crippen LogP contribution in [-0.4, -0.2) is 5.78 Å². The molecule has 0 spiro atoms. The molecular formula is C14H14FNO2. The number of carbonyl (C=O) groups excluding carboxylic acids is 1. The molecule has 1 aromatic heterocycles. The highest BCUT2D eigenvalue weighted by Gasteiger charge is 2.17. The van der Waals surface area contributed by atoms with E-state index in [9.17, 15) is 9.18 Å². The van der Waals surface area contributed by atoms with Crippen LogP contribution in [0.15, 0.2) is 22.6 Å². The molecule has 0 fully saturated rings. The Morgan fingerprint density at radius 3 is 2.39 bits per heavy atom. The van der Waals surface area contributed by atoms with Crippen LogP contribution in [0, 0.1) is 26.6 Å². The molecule has 3 nitrogen and oxygen atoms in total. The van der Waals surface area contributed by atoms with Gasteiger partial charge in [-0.15, -0.1) is 0 Å². The lowest BCUT2D eigenvalue weighted by atomic mass is 10.0. The minimum absolute atomic E-state index is 0.236. The zero-order valence-corrected chi connectivity index (χ0v) is 10.5. The molecular weight excluding hydrogens is 233 g/mol. The first-order valence-corrected chi connectivity index (χ1v) is 5.57. The molecule has 0 saturated carbocycles. The number of rotatable bonds is 2. The smallest absolute Gasteiger partial charge is 0.196 e. The van der Waals surface area contributed by atoms with E-state index in [4.69, 9.17) is 10.2 Å². The molecule has 4 heteroatoms. The molecule has 0 unspecified atom stereocenters. The lowest BCUT2D eigenvalue weighted by Crippen LogP contribution is -2.05. The summed E-state index contributed by atoms with van der Waals surface area (Å²) in [6, 6.07) is 4.34. The Labute approximate surface area is 104 Å². The van der Waals surface area contributed by atoms with Gasteiger partial charge in [-0.2, -0.15) is 0 Å². The van der Waals surface area contributed by atoms with Gasteiger partial charge in [0.2, 0.25) is 0 Å². The van der Waals surface area contributed by atoms with Gasteiger partial charge in [0.25, 0.3) is 0 Å². The number of anilines is 1. The van der Waals surface area contributed by atoms with Gasteiger partial charge in [0, 0.05) is 16.8 Å². The highest BCUT2D eigenvalue weighted by molar-refractivity contribution is 6.10. The summed E-state index contributed by atoms with van der Waals surface area (Å²) < 4.78 is 18.9. The minimum atomic E-state index is -0.476. The monoisotopic (exact) mass is 247 g/mol. The molecule has 2 aromatic rings. The van der Waals surface area contributed by atoms with Gasteiger partial charge in [0.1, 0.15) is 17.3 Å². The summed E-state index contributed by atoms with van der Waals surface area (Å²) in [5.74, 6) is 0.416. The number of carbonyl (C=O) groups is 1. The van der Waals surface area contributed by atoms with Crippen LogP contribution in [0.4, 0.5) is 10.1 Å². The molecule has 1 heterocycles. The Bertz CT molecular complexity index is 606. The maximum absolute atomic E-state index is 13.6. The van der Waals surface area contributed by atoms with Crippen molar-refractivity contribution >= 4 is 11.5 Å². The fraction of sp³-hybridized carbons (Fsp3) is 0.214. The van der Waals surface area contributed by atoms with Crippen molar-refractivity contribution < 1.29 is 13.6 Å². The van der Waals surface area contributed by atoms with Crippen molar-refractivity contribution in [2.75, 3.05) is 5.73 Å². The first kappa shape index (κ1) is 12.4. The second-order valence-corrected chi connectivity index (χ2v) is 4.33. The number of benzene rings is 1. The topological polar surface area (TPSA) is 56.2 Å². The molecule has 0 aliphatic rings.